The highest BCUT2D eigenvalue weighted by atomic mass is 16.5. The first-order valence-corrected chi connectivity index (χ1v) is 9.09. The van der Waals surface area contributed by atoms with E-state index in [0.717, 1.165) is 32.0 Å². The number of hydrogen-bond acceptors (Lipinski definition) is 2. The van der Waals surface area contributed by atoms with E-state index >= 15 is 0 Å². The smallest absolute Gasteiger partial charge is 0.226 e. The van der Waals surface area contributed by atoms with Gasteiger partial charge < -0.3 is 10.1 Å². The SMILES string of the molecule is O=C(NC1CCC2(CCOCC2)CC1)C12CCC(CC1)C2. The molecule has 0 aromatic rings. The summed E-state index contributed by atoms with van der Waals surface area (Å²) in [4.78, 5) is 12.7. The van der Waals surface area contributed by atoms with Crippen LogP contribution in [-0.4, -0.2) is 25.2 Å². The summed E-state index contributed by atoms with van der Waals surface area (Å²) in [6, 6.07) is 0.444. The molecule has 1 N–H and O–H groups in total. The van der Waals surface area contributed by atoms with Gasteiger partial charge in [-0.05, 0) is 82.0 Å². The molecule has 1 spiro atoms. The van der Waals surface area contributed by atoms with Crippen LogP contribution in [0.3, 0.4) is 0 Å². The van der Waals surface area contributed by atoms with Gasteiger partial charge in [-0.3, -0.25) is 4.79 Å². The molecule has 4 fully saturated rings. The Bertz CT molecular complexity index is 395. The molecule has 0 unspecified atom stereocenters. The van der Waals surface area contributed by atoms with Crippen LogP contribution in [0.25, 0.3) is 0 Å². The predicted molar refractivity (Wildman–Crippen MR) is 81.9 cm³/mol. The zero-order chi connectivity index (χ0) is 14.3. The Morgan fingerprint density at radius 3 is 2.14 bits per heavy atom. The van der Waals surface area contributed by atoms with Gasteiger partial charge in [0, 0.05) is 24.7 Å². The molecule has 1 saturated heterocycles. The van der Waals surface area contributed by atoms with Crippen LogP contribution in [0.1, 0.15) is 70.6 Å². The summed E-state index contributed by atoms with van der Waals surface area (Å²) >= 11 is 0. The summed E-state index contributed by atoms with van der Waals surface area (Å²) in [5, 5.41) is 3.43. The number of carbonyl (C=O) groups is 1. The summed E-state index contributed by atoms with van der Waals surface area (Å²) in [5.41, 5.74) is 0.585. The Kier molecular flexibility index (Phi) is 3.52. The van der Waals surface area contributed by atoms with E-state index in [0.29, 0.717) is 17.4 Å². The van der Waals surface area contributed by atoms with Crippen molar-refractivity contribution in [1.82, 2.24) is 5.32 Å². The maximum absolute atomic E-state index is 12.7. The lowest BCUT2D eigenvalue weighted by molar-refractivity contribution is -0.132. The fourth-order valence-electron chi connectivity index (χ4n) is 5.53. The molecule has 1 aliphatic heterocycles. The fourth-order valence-corrected chi connectivity index (χ4v) is 5.53. The van der Waals surface area contributed by atoms with Crippen molar-refractivity contribution >= 4 is 5.91 Å². The van der Waals surface area contributed by atoms with Crippen molar-refractivity contribution in [3.05, 3.63) is 0 Å². The number of amides is 1. The van der Waals surface area contributed by atoms with Gasteiger partial charge in [0.15, 0.2) is 0 Å². The largest absolute Gasteiger partial charge is 0.381 e. The number of rotatable bonds is 2. The lowest BCUT2D eigenvalue weighted by Crippen LogP contribution is -2.47. The number of fused-ring (bicyclic) bond motifs is 2. The second-order valence-electron chi connectivity index (χ2n) is 8.29. The first-order valence-electron chi connectivity index (χ1n) is 9.09. The summed E-state index contributed by atoms with van der Waals surface area (Å²) in [7, 11) is 0. The predicted octanol–water partition coefficient (Wildman–Crippen LogP) is 3.42. The molecule has 118 valence electrons. The van der Waals surface area contributed by atoms with Gasteiger partial charge in [-0.1, -0.05) is 0 Å². The van der Waals surface area contributed by atoms with Crippen molar-refractivity contribution in [2.45, 2.75) is 76.7 Å². The van der Waals surface area contributed by atoms with Gasteiger partial charge in [0.2, 0.25) is 5.91 Å². The summed E-state index contributed by atoms with van der Waals surface area (Å²) in [6.45, 7) is 1.89. The standard InChI is InChI=1S/C18H29NO2/c20-16(18-7-1-14(13-18)2-8-18)19-15-3-5-17(6-4-15)9-11-21-12-10-17/h14-15H,1-13H2,(H,19,20). The Morgan fingerprint density at radius 2 is 1.57 bits per heavy atom. The second-order valence-corrected chi connectivity index (χ2v) is 8.29. The van der Waals surface area contributed by atoms with Crippen LogP contribution in [0.5, 0.6) is 0 Å². The average Bonchev–Trinajstić information content (AvgIpc) is 3.13. The van der Waals surface area contributed by atoms with Crippen LogP contribution < -0.4 is 5.32 Å². The minimum Gasteiger partial charge on any atom is -0.381 e. The van der Waals surface area contributed by atoms with Gasteiger partial charge in [-0.15, -0.1) is 0 Å². The highest BCUT2D eigenvalue weighted by molar-refractivity contribution is 5.83. The number of nitrogens with one attached hydrogen (secondary N) is 1. The summed E-state index contributed by atoms with van der Waals surface area (Å²) < 4.78 is 5.52. The third-order valence-electron chi connectivity index (χ3n) is 7.16. The van der Waals surface area contributed by atoms with Crippen molar-refractivity contribution in [1.29, 1.82) is 0 Å². The van der Waals surface area contributed by atoms with Gasteiger partial charge in [0.25, 0.3) is 0 Å². The molecule has 0 atom stereocenters. The highest BCUT2D eigenvalue weighted by Crippen LogP contribution is 2.54. The Labute approximate surface area is 128 Å². The molecule has 0 radical (unpaired) electrons. The first kappa shape index (κ1) is 14.0. The van der Waals surface area contributed by atoms with Crippen LogP contribution in [0.15, 0.2) is 0 Å². The van der Waals surface area contributed by atoms with E-state index in [4.69, 9.17) is 4.74 Å². The van der Waals surface area contributed by atoms with Crippen molar-refractivity contribution < 1.29 is 9.53 Å². The van der Waals surface area contributed by atoms with E-state index in [-0.39, 0.29) is 5.41 Å². The van der Waals surface area contributed by atoms with Crippen molar-refractivity contribution in [3.63, 3.8) is 0 Å². The number of carbonyl (C=O) groups excluding carboxylic acids is 1. The van der Waals surface area contributed by atoms with E-state index in [1.54, 1.807) is 0 Å². The molecule has 1 amide bonds. The van der Waals surface area contributed by atoms with Crippen LogP contribution in [-0.2, 0) is 9.53 Å². The average molecular weight is 291 g/mol. The van der Waals surface area contributed by atoms with Gasteiger partial charge in [0.1, 0.15) is 0 Å². The maximum atomic E-state index is 12.7. The molecule has 0 aromatic carbocycles. The molecule has 4 rings (SSSR count). The van der Waals surface area contributed by atoms with Gasteiger partial charge in [-0.25, -0.2) is 0 Å². The molecule has 2 bridgehead atoms. The fraction of sp³-hybridized carbons (Fsp3) is 0.944. The molecule has 21 heavy (non-hydrogen) atoms. The topological polar surface area (TPSA) is 38.3 Å². The van der Waals surface area contributed by atoms with Crippen molar-refractivity contribution in [2.75, 3.05) is 13.2 Å². The normalized spacial score (nSPS) is 38.8. The van der Waals surface area contributed by atoms with Crippen LogP contribution >= 0.6 is 0 Å². The molecule has 3 nitrogen and oxygen atoms in total. The number of ether oxygens (including phenoxy) is 1. The molecule has 0 aromatic heterocycles. The third kappa shape index (κ3) is 2.52. The van der Waals surface area contributed by atoms with Crippen LogP contribution in [0.2, 0.25) is 0 Å². The zero-order valence-electron chi connectivity index (χ0n) is 13.2. The van der Waals surface area contributed by atoms with Crippen LogP contribution in [0.4, 0.5) is 0 Å². The monoisotopic (exact) mass is 291 g/mol. The van der Waals surface area contributed by atoms with Gasteiger partial charge in [0.05, 0.1) is 0 Å². The second kappa shape index (κ2) is 5.26. The highest BCUT2D eigenvalue weighted by Gasteiger charge is 2.50. The van der Waals surface area contributed by atoms with Crippen molar-refractivity contribution in [3.8, 4) is 0 Å². The molecular formula is C18H29NO2. The minimum atomic E-state index is 0.0402. The summed E-state index contributed by atoms with van der Waals surface area (Å²) in [6.07, 6.45) is 13.5. The third-order valence-corrected chi connectivity index (χ3v) is 7.16. The lowest BCUT2D eigenvalue weighted by Gasteiger charge is -2.43. The van der Waals surface area contributed by atoms with E-state index < -0.39 is 0 Å². The van der Waals surface area contributed by atoms with E-state index in [1.165, 1.54) is 57.8 Å². The summed E-state index contributed by atoms with van der Waals surface area (Å²) in [5.74, 6) is 1.25. The van der Waals surface area contributed by atoms with Gasteiger partial charge >= 0.3 is 0 Å². The Hall–Kier alpha value is -0.570. The Balaban J connectivity index is 1.31. The van der Waals surface area contributed by atoms with Crippen LogP contribution in [0, 0.1) is 16.7 Å². The zero-order valence-corrected chi connectivity index (χ0v) is 13.2. The molecule has 3 aliphatic carbocycles. The molecular weight excluding hydrogens is 262 g/mol. The van der Waals surface area contributed by atoms with E-state index in [1.807, 2.05) is 0 Å². The molecule has 3 heteroatoms. The van der Waals surface area contributed by atoms with Crippen molar-refractivity contribution in [2.24, 2.45) is 16.7 Å². The Morgan fingerprint density at radius 1 is 0.905 bits per heavy atom. The number of hydrogen-bond donors (Lipinski definition) is 1. The maximum Gasteiger partial charge on any atom is 0.226 e. The molecule has 1 heterocycles. The first-order chi connectivity index (χ1) is 10.2. The van der Waals surface area contributed by atoms with E-state index in [2.05, 4.69) is 5.32 Å². The van der Waals surface area contributed by atoms with E-state index in [9.17, 15) is 4.79 Å². The van der Waals surface area contributed by atoms with Gasteiger partial charge in [-0.2, -0.15) is 0 Å². The quantitative estimate of drug-likeness (QED) is 0.846. The molecule has 4 aliphatic rings. The lowest BCUT2D eigenvalue weighted by atomic mass is 9.68. The molecule has 3 saturated carbocycles. The minimum absolute atomic E-state index is 0.0402.